The molecule has 0 aromatic heterocycles. The van der Waals surface area contributed by atoms with Gasteiger partial charge in [0.25, 0.3) is 0 Å². The van der Waals surface area contributed by atoms with E-state index in [2.05, 4.69) is 161 Å². The molecule has 6 aromatic carbocycles. The molecule has 6 aromatic rings. The van der Waals surface area contributed by atoms with Crippen LogP contribution < -0.4 is 9.80 Å². The number of hydrogen-bond acceptors (Lipinski definition) is 2. The molecular formula is C47H42N2. The standard InChI is InChI=1S/C47H42N2/c1-3-11-39(12-4-1)48(41-22-19-38(20-23-41)47-30-33-24-34(31-47)26-35(25-33)32-47)42-15-9-16-43(28-42)49(40-13-5-2-6-14-40)44-21-18-37-27-36-10-7-8-17-45(36)46(37)29-44/h1-23,28-29,33-35H,24-27,30-32H2. The van der Waals surface area contributed by atoms with E-state index in [4.69, 9.17) is 0 Å². The molecule has 11 rings (SSSR count). The number of anilines is 6. The van der Waals surface area contributed by atoms with Gasteiger partial charge < -0.3 is 9.80 Å². The van der Waals surface area contributed by atoms with Crippen molar-refractivity contribution in [3.8, 4) is 11.1 Å². The Hall–Kier alpha value is -5.08. The van der Waals surface area contributed by atoms with Crippen molar-refractivity contribution in [1.82, 2.24) is 0 Å². The van der Waals surface area contributed by atoms with Gasteiger partial charge in [0.1, 0.15) is 0 Å². The fraction of sp³-hybridized carbons (Fsp3) is 0.234. The molecular weight excluding hydrogens is 593 g/mol. The molecule has 0 aliphatic heterocycles. The van der Waals surface area contributed by atoms with E-state index in [1.807, 2.05) is 0 Å². The van der Waals surface area contributed by atoms with Crippen LogP contribution in [0, 0.1) is 17.8 Å². The lowest BCUT2D eigenvalue weighted by atomic mass is 9.48. The average Bonchev–Trinajstić information content (AvgIpc) is 3.51. The summed E-state index contributed by atoms with van der Waals surface area (Å²) in [6.07, 6.45) is 9.63. The van der Waals surface area contributed by atoms with Crippen molar-refractivity contribution < 1.29 is 0 Å². The Morgan fingerprint density at radius 1 is 0.388 bits per heavy atom. The summed E-state index contributed by atoms with van der Waals surface area (Å²) in [5.74, 6) is 2.84. The van der Waals surface area contributed by atoms with E-state index in [9.17, 15) is 0 Å². The molecule has 0 atom stereocenters. The molecule has 5 aliphatic rings. The Bertz CT molecular complexity index is 2100. The molecule has 2 nitrogen and oxygen atoms in total. The lowest BCUT2D eigenvalue weighted by molar-refractivity contribution is -0.00518. The summed E-state index contributed by atoms with van der Waals surface area (Å²) in [5, 5.41) is 0. The first-order valence-electron chi connectivity index (χ1n) is 18.3. The van der Waals surface area contributed by atoms with Crippen molar-refractivity contribution in [3.63, 3.8) is 0 Å². The molecule has 0 spiro atoms. The average molecular weight is 635 g/mol. The summed E-state index contributed by atoms with van der Waals surface area (Å²) >= 11 is 0. The fourth-order valence-electron chi connectivity index (χ4n) is 10.5. The molecule has 5 aliphatic carbocycles. The van der Waals surface area contributed by atoms with Gasteiger partial charge in [0.2, 0.25) is 0 Å². The molecule has 4 bridgehead atoms. The monoisotopic (exact) mass is 634 g/mol. The Labute approximate surface area is 290 Å². The third-order valence-electron chi connectivity index (χ3n) is 12.2. The number of hydrogen-bond donors (Lipinski definition) is 0. The van der Waals surface area contributed by atoms with Crippen LogP contribution >= 0.6 is 0 Å². The first-order chi connectivity index (χ1) is 24.2. The maximum Gasteiger partial charge on any atom is 0.0482 e. The second-order valence-corrected chi connectivity index (χ2v) is 15.3. The van der Waals surface area contributed by atoms with Crippen molar-refractivity contribution in [2.45, 2.75) is 50.4 Å². The molecule has 0 unspecified atom stereocenters. The van der Waals surface area contributed by atoms with E-state index in [0.29, 0.717) is 5.41 Å². The largest absolute Gasteiger partial charge is 0.310 e. The second kappa shape index (κ2) is 11.5. The van der Waals surface area contributed by atoms with Crippen LogP contribution in [0.1, 0.15) is 55.2 Å². The molecule has 4 saturated carbocycles. The molecule has 4 fully saturated rings. The van der Waals surface area contributed by atoms with E-state index >= 15 is 0 Å². The highest BCUT2D eigenvalue weighted by Crippen LogP contribution is 2.61. The number of para-hydroxylation sites is 2. The third-order valence-corrected chi connectivity index (χ3v) is 12.2. The van der Waals surface area contributed by atoms with E-state index in [0.717, 1.165) is 41.2 Å². The van der Waals surface area contributed by atoms with Crippen molar-refractivity contribution in [2.75, 3.05) is 9.80 Å². The molecule has 0 heterocycles. The molecule has 0 amide bonds. The van der Waals surface area contributed by atoms with Crippen LogP contribution in [-0.2, 0) is 11.8 Å². The SMILES string of the molecule is c1ccc(N(c2ccc(C34CC5CC(CC(C5)C3)C4)cc2)c2cccc(N(c3ccccc3)c3ccc4c(c3)-c3ccccc3C4)c2)cc1. The van der Waals surface area contributed by atoms with Crippen LogP contribution in [0.4, 0.5) is 34.1 Å². The van der Waals surface area contributed by atoms with Crippen LogP contribution in [0.3, 0.4) is 0 Å². The van der Waals surface area contributed by atoms with Gasteiger partial charge in [0.05, 0.1) is 0 Å². The quantitative estimate of drug-likeness (QED) is 0.172. The van der Waals surface area contributed by atoms with Crippen LogP contribution in [0.2, 0.25) is 0 Å². The zero-order valence-corrected chi connectivity index (χ0v) is 28.0. The zero-order chi connectivity index (χ0) is 32.4. The molecule has 0 N–H and O–H groups in total. The van der Waals surface area contributed by atoms with E-state index < -0.39 is 0 Å². The minimum absolute atomic E-state index is 0.400. The maximum atomic E-state index is 2.47. The van der Waals surface area contributed by atoms with Crippen LogP contribution in [-0.4, -0.2) is 0 Å². The highest BCUT2D eigenvalue weighted by Gasteiger charge is 2.51. The predicted octanol–water partition coefficient (Wildman–Crippen LogP) is 12.7. The first-order valence-corrected chi connectivity index (χ1v) is 18.3. The molecule has 2 heteroatoms. The van der Waals surface area contributed by atoms with Gasteiger partial charge in [-0.3, -0.25) is 0 Å². The molecule has 49 heavy (non-hydrogen) atoms. The molecule has 240 valence electrons. The number of nitrogens with zero attached hydrogens (tertiary/aromatic N) is 2. The minimum Gasteiger partial charge on any atom is -0.310 e. The van der Waals surface area contributed by atoms with Crippen LogP contribution in [0.15, 0.2) is 152 Å². The van der Waals surface area contributed by atoms with Crippen LogP contribution in [0.5, 0.6) is 0 Å². The predicted molar refractivity (Wildman–Crippen MR) is 204 cm³/mol. The highest BCUT2D eigenvalue weighted by molar-refractivity contribution is 5.86. The minimum atomic E-state index is 0.400. The normalized spacial score (nSPS) is 22.8. The molecule has 0 saturated heterocycles. The van der Waals surface area contributed by atoms with E-state index in [1.54, 1.807) is 5.56 Å². The van der Waals surface area contributed by atoms with Gasteiger partial charge in [-0.25, -0.2) is 0 Å². The second-order valence-electron chi connectivity index (χ2n) is 15.3. The highest BCUT2D eigenvalue weighted by atomic mass is 15.2. The third kappa shape index (κ3) is 5.00. The molecule has 0 radical (unpaired) electrons. The van der Waals surface area contributed by atoms with Gasteiger partial charge in [0.15, 0.2) is 0 Å². The van der Waals surface area contributed by atoms with Gasteiger partial charge in [0, 0.05) is 34.1 Å². The van der Waals surface area contributed by atoms with Gasteiger partial charge >= 0.3 is 0 Å². The summed E-state index contributed by atoms with van der Waals surface area (Å²) < 4.78 is 0. The Kier molecular flexibility index (Phi) is 6.79. The summed E-state index contributed by atoms with van der Waals surface area (Å²) in [5.41, 5.74) is 14.5. The van der Waals surface area contributed by atoms with Gasteiger partial charge in [-0.15, -0.1) is 0 Å². The van der Waals surface area contributed by atoms with Gasteiger partial charge in [-0.1, -0.05) is 84.9 Å². The summed E-state index contributed by atoms with van der Waals surface area (Å²) in [6.45, 7) is 0. The summed E-state index contributed by atoms with van der Waals surface area (Å²) in [7, 11) is 0. The lowest BCUT2D eigenvalue weighted by Crippen LogP contribution is -2.48. The van der Waals surface area contributed by atoms with Crippen LogP contribution in [0.25, 0.3) is 11.1 Å². The first kappa shape index (κ1) is 28.9. The zero-order valence-electron chi connectivity index (χ0n) is 28.0. The van der Waals surface area contributed by atoms with E-state index in [1.165, 1.54) is 77.8 Å². The van der Waals surface area contributed by atoms with Crippen molar-refractivity contribution in [1.29, 1.82) is 0 Å². The summed E-state index contributed by atoms with van der Waals surface area (Å²) in [6, 6.07) is 56.3. The van der Waals surface area contributed by atoms with Crippen molar-refractivity contribution in [3.05, 3.63) is 168 Å². The fourth-order valence-corrected chi connectivity index (χ4v) is 10.5. The van der Waals surface area contributed by atoms with E-state index in [-0.39, 0.29) is 0 Å². The topological polar surface area (TPSA) is 6.48 Å². The Balaban J connectivity index is 1.05. The smallest absolute Gasteiger partial charge is 0.0482 e. The number of rotatable bonds is 7. The van der Waals surface area contributed by atoms with Crippen molar-refractivity contribution >= 4 is 34.1 Å². The number of fused-ring (bicyclic) bond motifs is 3. The Morgan fingerprint density at radius 3 is 1.49 bits per heavy atom. The van der Waals surface area contributed by atoms with Gasteiger partial charge in [-0.2, -0.15) is 0 Å². The lowest BCUT2D eigenvalue weighted by Gasteiger charge is -2.57. The summed E-state index contributed by atoms with van der Waals surface area (Å²) in [4.78, 5) is 4.83. The Morgan fingerprint density at radius 2 is 0.857 bits per heavy atom. The van der Waals surface area contributed by atoms with Gasteiger partial charge in [-0.05, 0) is 163 Å². The maximum absolute atomic E-state index is 2.47. The van der Waals surface area contributed by atoms with Crippen molar-refractivity contribution in [2.24, 2.45) is 17.8 Å². The number of benzene rings is 6.